The highest BCUT2D eigenvalue weighted by Gasteiger charge is 2.24. The molecular weight excluding hydrogens is 405 g/mol. The van der Waals surface area contributed by atoms with Gasteiger partial charge in [0.2, 0.25) is 10.0 Å². The molecule has 0 amide bonds. The fourth-order valence-electron chi connectivity index (χ4n) is 1.63. The summed E-state index contributed by atoms with van der Waals surface area (Å²) < 4.78 is 27.8. The van der Waals surface area contributed by atoms with Crippen LogP contribution < -0.4 is 4.72 Å². The number of thiophene rings is 1. The molecule has 1 N–H and O–H groups in total. The van der Waals surface area contributed by atoms with Crippen LogP contribution in [0.3, 0.4) is 0 Å². The van der Waals surface area contributed by atoms with Crippen LogP contribution in [0.2, 0.25) is 8.67 Å². The fourth-order valence-corrected chi connectivity index (χ4v) is 5.76. The van der Waals surface area contributed by atoms with Crippen molar-refractivity contribution in [2.24, 2.45) is 0 Å². The molecule has 0 fully saturated rings. The van der Waals surface area contributed by atoms with Crippen molar-refractivity contribution in [2.45, 2.75) is 10.9 Å². The maximum atomic E-state index is 12.3. The molecule has 8 heteroatoms. The molecule has 1 atom stereocenters. The second-order valence-corrected chi connectivity index (χ2v) is 8.54. The number of hydrogen-bond donors (Lipinski definition) is 1. The Kier molecular flexibility index (Phi) is 5.50. The summed E-state index contributed by atoms with van der Waals surface area (Å²) in [6.45, 7) is 0. The number of sulfonamides is 1. The van der Waals surface area contributed by atoms with Crippen molar-refractivity contribution in [2.75, 3.05) is 5.33 Å². The molecule has 0 aliphatic heterocycles. The first-order chi connectivity index (χ1) is 9.44. The highest BCUT2D eigenvalue weighted by molar-refractivity contribution is 9.09. The van der Waals surface area contributed by atoms with E-state index in [9.17, 15) is 8.42 Å². The van der Waals surface area contributed by atoms with Gasteiger partial charge in [-0.3, -0.25) is 0 Å². The van der Waals surface area contributed by atoms with E-state index in [1.807, 2.05) is 30.3 Å². The molecule has 0 aliphatic carbocycles. The molecular formula is C12H10BrCl2NO2S2. The van der Waals surface area contributed by atoms with E-state index in [1.54, 1.807) is 0 Å². The topological polar surface area (TPSA) is 46.2 Å². The molecule has 108 valence electrons. The summed E-state index contributed by atoms with van der Waals surface area (Å²) in [6.07, 6.45) is 0. The third kappa shape index (κ3) is 3.75. The average Bonchev–Trinajstić information content (AvgIpc) is 2.77. The van der Waals surface area contributed by atoms with Gasteiger partial charge < -0.3 is 0 Å². The van der Waals surface area contributed by atoms with Crippen LogP contribution in [0.25, 0.3) is 0 Å². The molecule has 1 unspecified atom stereocenters. The lowest BCUT2D eigenvalue weighted by molar-refractivity contribution is 0.569. The molecule has 1 aromatic heterocycles. The SMILES string of the molecule is O=S(=O)(NC(CBr)c1ccccc1)c1cc(Cl)sc1Cl. The molecule has 0 aliphatic rings. The summed E-state index contributed by atoms with van der Waals surface area (Å²) in [5.74, 6) is 0. The second-order valence-electron chi connectivity index (χ2n) is 3.93. The summed E-state index contributed by atoms with van der Waals surface area (Å²) in [5, 5.41) is 0.450. The maximum Gasteiger partial charge on any atom is 0.243 e. The first-order valence-electron chi connectivity index (χ1n) is 5.52. The van der Waals surface area contributed by atoms with Gasteiger partial charge in [0.1, 0.15) is 9.23 Å². The predicted octanol–water partition coefficient (Wildman–Crippen LogP) is 4.47. The lowest BCUT2D eigenvalue weighted by Gasteiger charge is -2.16. The van der Waals surface area contributed by atoms with Gasteiger partial charge in [-0.15, -0.1) is 11.3 Å². The Morgan fingerprint density at radius 2 is 1.90 bits per heavy atom. The molecule has 1 heterocycles. The van der Waals surface area contributed by atoms with Crippen LogP contribution in [0.5, 0.6) is 0 Å². The number of halogens is 3. The smallest absolute Gasteiger partial charge is 0.207 e. The third-order valence-corrected chi connectivity index (χ3v) is 6.44. The molecule has 0 spiro atoms. The van der Waals surface area contributed by atoms with Gasteiger partial charge in [-0.1, -0.05) is 69.5 Å². The average molecular weight is 415 g/mol. The predicted molar refractivity (Wildman–Crippen MR) is 87.6 cm³/mol. The number of benzene rings is 1. The number of rotatable bonds is 5. The van der Waals surface area contributed by atoms with Crippen LogP contribution in [0.1, 0.15) is 11.6 Å². The number of nitrogens with one attached hydrogen (secondary N) is 1. The Labute approximate surface area is 140 Å². The van der Waals surface area contributed by atoms with Crippen molar-refractivity contribution in [1.29, 1.82) is 0 Å². The molecule has 3 nitrogen and oxygen atoms in total. The van der Waals surface area contributed by atoms with E-state index in [2.05, 4.69) is 20.7 Å². The van der Waals surface area contributed by atoms with E-state index < -0.39 is 10.0 Å². The molecule has 2 aromatic rings. The van der Waals surface area contributed by atoms with Crippen molar-refractivity contribution in [3.63, 3.8) is 0 Å². The van der Waals surface area contributed by atoms with Gasteiger partial charge in [0.05, 0.1) is 10.4 Å². The van der Waals surface area contributed by atoms with Crippen LogP contribution >= 0.6 is 50.5 Å². The lowest BCUT2D eigenvalue weighted by atomic mass is 10.1. The van der Waals surface area contributed by atoms with Gasteiger partial charge in [-0.25, -0.2) is 13.1 Å². The van der Waals surface area contributed by atoms with E-state index in [1.165, 1.54) is 6.07 Å². The number of hydrogen-bond acceptors (Lipinski definition) is 3. The quantitative estimate of drug-likeness (QED) is 0.733. The van der Waals surface area contributed by atoms with E-state index in [-0.39, 0.29) is 15.3 Å². The molecule has 0 saturated carbocycles. The summed E-state index contributed by atoms with van der Waals surface area (Å²) in [5.41, 5.74) is 0.866. The van der Waals surface area contributed by atoms with E-state index in [0.717, 1.165) is 16.9 Å². The summed E-state index contributed by atoms with van der Waals surface area (Å²) in [6, 6.07) is 10.3. The monoisotopic (exact) mass is 413 g/mol. The lowest BCUT2D eigenvalue weighted by Crippen LogP contribution is -2.29. The molecule has 0 bridgehead atoms. The van der Waals surface area contributed by atoms with Gasteiger partial charge in [0, 0.05) is 5.33 Å². The summed E-state index contributed by atoms with van der Waals surface area (Å²) in [4.78, 5) is 0.0102. The van der Waals surface area contributed by atoms with Crippen molar-refractivity contribution >= 4 is 60.5 Å². The van der Waals surface area contributed by atoms with Crippen LogP contribution in [-0.2, 0) is 10.0 Å². The van der Waals surface area contributed by atoms with Crippen LogP contribution in [0.4, 0.5) is 0 Å². The molecule has 1 aromatic carbocycles. The van der Waals surface area contributed by atoms with E-state index in [0.29, 0.717) is 9.67 Å². The van der Waals surface area contributed by atoms with Crippen molar-refractivity contribution in [3.8, 4) is 0 Å². The summed E-state index contributed by atoms with van der Waals surface area (Å²) >= 11 is 16.0. The maximum absolute atomic E-state index is 12.3. The van der Waals surface area contributed by atoms with Crippen molar-refractivity contribution in [3.05, 3.63) is 50.6 Å². The van der Waals surface area contributed by atoms with E-state index in [4.69, 9.17) is 23.2 Å². The molecule has 0 saturated heterocycles. The second kappa shape index (κ2) is 6.77. The van der Waals surface area contributed by atoms with Gasteiger partial charge in [-0.2, -0.15) is 0 Å². The van der Waals surface area contributed by atoms with Crippen LogP contribution in [0, 0.1) is 0 Å². The zero-order chi connectivity index (χ0) is 14.8. The van der Waals surface area contributed by atoms with Crippen LogP contribution in [0.15, 0.2) is 41.3 Å². The molecule has 2 rings (SSSR count). The van der Waals surface area contributed by atoms with Gasteiger partial charge >= 0.3 is 0 Å². The summed E-state index contributed by atoms with van der Waals surface area (Å²) in [7, 11) is -3.72. The Morgan fingerprint density at radius 1 is 1.25 bits per heavy atom. The highest BCUT2D eigenvalue weighted by Crippen LogP contribution is 2.34. The fraction of sp³-hybridized carbons (Fsp3) is 0.167. The Bertz CT molecular complexity index is 689. The highest BCUT2D eigenvalue weighted by atomic mass is 79.9. The van der Waals surface area contributed by atoms with Gasteiger partial charge in [0.25, 0.3) is 0 Å². The standard InChI is InChI=1S/C12H10BrCl2NO2S2/c13-7-9(8-4-2-1-3-5-8)16-20(17,18)10-6-11(14)19-12(10)15/h1-6,9,16H,7H2. The van der Waals surface area contributed by atoms with E-state index >= 15 is 0 Å². The Hall–Kier alpha value is -0.110. The zero-order valence-electron chi connectivity index (χ0n) is 10.0. The molecule has 0 radical (unpaired) electrons. The minimum Gasteiger partial charge on any atom is -0.207 e. The van der Waals surface area contributed by atoms with Crippen molar-refractivity contribution < 1.29 is 8.42 Å². The minimum absolute atomic E-state index is 0.0102. The van der Waals surface area contributed by atoms with Gasteiger partial charge in [-0.05, 0) is 11.6 Å². The molecule has 20 heavy (non-hydrogen) atoms. The Balaban J connectivity index is 2.29. The zero-order valence-corrected chi connectivity index (χ0v) is 14.7. The minimum atomic E-state index is -3.72. The first kappa shape index (κ1) is 16.3. The third-order valence-electron chi connectivity index (χ3n) is 2.57. The number of alkyl halides is 1. The first-order valence-corrected chi connectivity index (χ1v) is 9.70. The largest absolute Gasteiger partial charge is 0.243 e. The Morgan fingerprint density at radius 3 is 2.40 bits per heavy atom. The normalized spacial score (nSPS) is 13.3. The van der Waals surface area contributed by atoms with Crippen LogP contribution in [-0.4, -0.2) is 13.7 Å². The van der Waals surface area contributed by atoms with Gasteiger partial charge in [0.15, 0.2) is 0 Å². The van der Waals surface area contributed by atoms with Crippen molar-refractivity contribution in [1.82, 2.24) is 4.72 Å².